The summed E-state index contributed by atoms with van der Waals surface area (Å²) in [5.74, 6) is 1.58. The van der Waals surface area contributed by atoms with Gasteiger partial charge in [0.2, 0.25) is 5.95 Å². The average Bonchev–Trinajstić information content (AvgIpc) is 3.19. The van der Waals surface area contributed by atoms with Crippen LogP contribution in [0.2, 0.25) is 0 Å². The predicted molar refractivity (Wildman–Crippen MR) is 128 cm³/mol. The standard InChI is InChI=1S/C21H28ClN9O3/c1-4-34-10-9-31-18-17(16(28-31)14(3)22)26-20(27-19(18)25-15-5-6-23-12-24-15)29-7-8-30(21(32)33)13(2)11-29/h5-6,12-14H,4,7-11H2,1-3H3,(H,32,33)(H,23,24,25,26,27). The number of amides is 1. The molecule has 1 aliphatic heterocycles. The summed E-state index contributed by atoms with van der Waals surface area (Å²) < 4.78 is 7.34. The third-order valence-corrected chi connectivity index (χ3v) is 5.82. The highest BCUT2D eigenvalue weighted by Gasteiger charge is 2.30. The summed E-state index contributed by atoms with van der Waals surface area (Å²) in [6.07, 6.45) is 2.16. The fourth-order valence-corrected chi connectivity index (χ4v) is 4.10. The van der Waals surface area contributed by atoms with Gasteiger partial charge in [0.1, 0.15) is 28.9 Å². The molecule has 0 aromatic carbocycles. The maximum absolute atomic E-state index is 11.5. The average molecular weight is 490 g/mol. The summed E-state index contributed by atoms with van der Waals surface area (Å²) in [6.45, 7) is 8.55. The number of fused-ring (bicyclic) bond motifs is 1. The van der Waals surface area contributed by atoms with Crippen LogP contribution in [0.25, 0.3) is 11.0 Å². The maximum Gasteiger partial charge on any atom is 0.407 e. The molecule has 1 aliphatic rings. The number of rotatable bonds is 8. The molecule has 2 N–H and O–H groups in total. The number of carboxylic acid groups (broad SMARTS) is 1. The molecule has 182 valence electrons. The molecule has 1 fully saturated rings. The van der Waals surface area contributed by atoms with Crippen molar-refractivity contribution in [3.63, 3.8) is 0 Å². The van der Waals surface area contributed by atoms with Gasteiger partial charge in [-0.3, -0.25) is 4.68 Å². The van der Waals surface area contributed by atoms with E-state index in [2.05, 4.69) is 15.3 Å². The van der Waals surface area contributed by atoms with Crippen LogP contribution in [0.5, 0.6) is 0 Å². The first kappa shape index (κ1) is 23.9. The van der Waals surface area contributed by atoms with Crippen LogP contribution < -0.4 is 10.2 Å². The van der Waals surface area contributed by atoms with E-state index in [1.54, 1.807) is 16.9 Å². The fraction of sp³-hybridized carbons (Fsp3) is 0.524. The summed E-state index contributed by atoms with van der Waals surface area (Å²) in [4.78, 5) is 32.8. The van der Waals surface area contributed by atoms with Gasteiger partial charge in [0.25, 0.3) is 0 Å². The van der Waals surface area contributed by atoms with Crippen molar-refractivity contribution in [2.75, 3.05) is 43.1 Å². The van der Waals surface area contributed by atoms with Crippen molar-refractivity contribution in [1.82, 2.24) is 34.6 Å². The van der Waals surface area contributed by atoms with Crippen molar-refractivity contribution in [3.05, 3.63) is 24.3 Å². The number of piperazine rings is 1. The van der Waals surface area contributed by atoms with Gasteiger partial charge in [-0.1, -0.05) is 0 Å². The van der Waals surface area contributed by atoms with E-state index in [4.69, 9.17) is 31.4 Å². The van der Waals surface area contributed by atoms with E-state index in [0.29, 0.717) is 73.7 Å². The number of ether oxygens (including phenoxy) is 1. The second-order valence-electron chi connectivity index (χ2n) is 7.98. The number of hydrogen-bond acceptors (Lipinski definition) is 9. The number of nitrogens with zero attached hydrogens (tertiary/aromatic N) is 8. The van der Waals surface area contributed by atoms with Crippen molar-refractivity contribution in [2.24, 2.45) is 0 Å². The van der Waals surface area contributed by atoms with Crippen LogP contribution in [0.15, 0.2) is 18.6 Å². The molecule has 0 spiro atoms. The maximum atomic E-state index is 11.5. The Bertz CT molecular complexity index is 1140. The molecular formula is C21H28ClN9O3. The van der Waals surface area contributed by atoms with E-state index in [1.807, 2.05) is 25.7 Å². The number of carbonyl (C=O) groups is 1. The van der Waals surface area contributed by atoms with Crippen LogP contribution in [0.3, 0.4) is 0 Å². The lowest BCUT2D eigenvalue weighted by atomic mass is 10.2. The first-order chi connectivity index (χ1) is 16.4. The summed E-state index contributed by atoms with van der Waals surface area (Å²) in [5.41, 5.74) is 1.97. The van der Waals surface area contributed by atoms with Gasteiger partial charge in [0.15, 0.2) is 5.82 Å². The van der Waals surface area contributed by atoms with Crippen molar-refractivity contribution in [3.8, 4) is 0 Å². The molecule has 1 amide bonds. The van der Waals surface area contributed by atoms with Crippen molar-refractivity contribution < 1.29 is 14.6 Å². The minimum absolute atomic E-state index is 0.204. The molecule has 3 aromatic heterocycles. The van der Waals surface area contributed by atoms with Crippen LogP contribution in [0.4, 0.5) is 22.4 Å². The Labute approximate surface area is 201 Å². The molecule has 0 aliphatic carbocycles. The van der Waals surface area contributed by atoms with E-state index in [9.17, 15) is 9.90 Å². The van der Waals surface area contributed by atoms with Crippen LogP contribution >= 0.6 is 11.6 Å². The van der Waals surface area contributed by atoms with E-state index in [0.717, 1.165) is 0 Å². The number of anilines is 3. The van der Waals surface area contributed by atoms with Crippen LogP contribution in [0.1, 0.15) is 31.8 Å². The molecule has 4 rings (SSSR count). The minimum Gasteiger partial charge on any atom is -0.465 e. The van der Waals surface area contributed by atoms with E-state index >= 15 is 0 Å². The molecule has 0 bridgehead atoms. The molecule has 3 aromatic rings. The summed E-state index contributed by atoms with van der Waals surface area (Å²) >= 11 is 6.49. The molecule has 4 heterocycles. The zero-order chi connectivity index (χ0) is 24.2. The van der Waals surface area contributed by atoms with Gasteiger partial charge in [-0.25, -0.2) is 19.7 Å². The summed E-state index contributed by atoms with van der Waals surface area (Å²) in [6, 6.07) is 1.54. The van der Waals surface area contributed by atoms with Gasteiger partial charge in [0.05, 0.1) is 18.5 Å². The summed E-state index contributed by atoms with van der Waals surface area (Å²) in [7, 11) is 0. The van der Waals surface area contributed by atoms with Crippen molar-refractivity contribution in [1.29, 1.82) is 0 Å². The SMILES string of the molecule is CCOCCn1nc(C(C)Cl)c2nc(N3CCN(C(=O)O)C(C)C3)nc(Nc3ccncn3)c21. The monoisotopic (exact) mass is 489 g/mol. The molecule has 0 saturated carbocycles. The lowest BCUT2D eigenvalue weighted by molar-refractivity contribution is 0.122. The first-order valence-corrected chi connectivity index (χ1v) is 11.6. The Kier molecular flexibility index (Phi) is 7.27. The van der Waals surface area contributed by atoms with Gasteiger partial charge < -0.3 is 25.0 Å². The second-order valence-corrected chi connectivity index (χ2v) is 8.64. The predicted octanol–water partition coefficient (Wildman–Crippen LogP) is 2.88. The zero-order valence-electron chi connectivity index (χ0n) is 19.3. The zero-order valence-corrected chi connectivity index (χ0v) is 20.1. The number of halogens is 1. The number of nitrogens with one attached hydrogen (secondary N) is 1. The lowest BCUT2D eigenvalue weighted by Gasteiger charge is -2.38. The highest BCUT2D eigenvalue weighted by molar-refractivity contribution is 6.21. The topological polar surface area (TPSA) is 134 Å². The van der Waals surface area contributed by atoms with Crippen LogP contribution in [-0.2, 0) is 11.3 Å². The highest BCUT2D eigenvalue weighted by Crippen LogP contribution is 2.33. The number of aromatic nitrogens is 6. The van der Waals surface area contributed by atoms with Gasteiger partial charge in [-0.05, 0) is 26.8 Å². The largest absolute Gasteiger partial charge is 0.465 e. The normalized spacial score (nSPS) is 17.2. The third-order valence-electron chi connectivity index (χ3n) is 5.61. The smallest absolute Gasteiger partial charge is 0.407 e. The first-order valence-electron chi connectivity index (χ1n) is 11.2. The Balaban J connectivity index is 1.80. The quantitative estimate of drug-likeness (QED) is 0.359. The van der Waals surface area contributed by atoms with Gasteiger partial charge in [-0.2, -0.15) is 10.1 Å². The second kappa shape index (κ2) is 10.3. The molecule has 34 heavy (non-hydrogen) atoms. The van der Waals surface area contributed by atoms with Gasteiger partial charge in [-0.15, -0.1) is 11.6 Å². The van der Waals surface area contributed by atoms with E-state index < -0.39 is 6.09 Å². The number of alkyl halides is 1. The van der Waals surface area contributed by atoms with Crippen LogP contribution in [-0.4, -0.2) is 84.7 Å². The molecular weight excluding hydrogens is 462 g/mol. The summed E-state index contributed by atoms with van der Waals surface area (Å²) in [5, 5.41) is 17.0. The van der Waals surface area contributed by atoms with E-state index in [1.165, 1.54) is 11.2 Å². The van der Waals surface area contributed by atoms with E-state index in [-0.39, 0.29) is 11.4 Å². The Morgan fingerprint density at radius 1 is 1.38 bits per heavy atom. The Morgan fingerprint density at radius 2 is 2.21 bits per heavy atom. The van der Waals surface area contributed by atoms with Crippen molar-refractivity contribution >= 4 is 46.3 Å². The molecule has 0 radical (unpaired) electrons. The highest BCUT2D eigenvalue weighted by atomic mass is 35.5. The molecule has 1 saturated heterocycles. The molecule has 2 atom stereocenters. The fourth-order valence-electron chi connectivity index (χ4n) is 3.96. The Hall–Kier alpha value is -3.25. The van der Waals surface area contributed by atoms with Crippen molar-refractivity contribution in [2.45, 2.75) is 38.7 Å². The third kappa shape index (κ3) is 4.97. The molecule has 2 unspecified atom stereocenters. The lowest BCUT2D eigenvalue weighted by Crippen LogP contribution is -2.54. The van der Waals surface area contributed by atoms with Gasteiger partial charge in [0, 0.05) is 38.5 Å². The van der Waals surface area contributed by atoms with Gasteiger partial charge >= 0.3 is 6.09 Å². The molecule has 12 nitrogen and oxygen atoms in total. The Morgan fingerprint density at radius 3 is 2.85 bits per heavy atom. The minimum atomic E-state index is -0.927. The van der Waals surface area contributed by atoms with Crippen LogP contribution in [0, 0.1) is 0 Å². The number of hydrogen-bond donors (Lipinski definition) is 2. The molecule has 13 heteroatoms.